The third kappa shape index (κ3) is 8.71. The molecule has 0 saturated carbocycles. The van der Waals surface area contributed by atoms with Crippen molar-refractivity contribution in [1.82, 2.24) is 5.32 Å². The molecule has 0 saturated heterocycles. The van der Waals surface area contributed by atoms with Gasteiger partial charge in [0.1, 0.15) is 0 Å². The van der Waals surface area contributed by atoms with Gasteiger partial charge in [0.25, 0.3) is 0 Å². The number of hydrogen-bond donors (Lipinski definition) is 2. The Hall–Kier alpha value is -1.09. The van der Waals surface area contributed by atoms with Crippen molar-refractivity contribution in [2.45, 2.75) is 19.2 Å². The molecule has 5 nitrogen and oxygen atoms in total. The quantitative estimate of drug-likeness (QED) is 0.317. The second-order valence-corrected chi connectivity index (χ2v) is 6.99. The van der Waals surface area contributed by atoms with Crippen LogP contribution < -0.4 is 11.1 Å². The molecular formula is C14H22IN3O2S. The number of benzene rings is 1. The molecule has 0 aliphatic carbocycles. The summed E-state index contributed by atoms with van der Waals surface area (Å²) in [6.07, 6.45) is 1.22. The van der Waals surface area contributed by atoms with Gasteiger partial charge in [0, 0.05) is 12.8 Å². The van der Waals surface area contributed by atoms with Gasteiger partial charge >= 0.3 is 0 Å². The number of hydrogen-bond acceptors (Lipinski definition) is 3. The predicted octanol–water partition coefficient (Wildman–Crippen LogP) is 1.83. The molecule has 0 aliphatic heterocycles. The molecule has 118 valence electrons. The SMILES string of the molecule is C=C(C)CNC(N)=NCc1ccccc1CS(C)(=O)=O.I. The third-order valence-corrected chi connectivity index (χ3v) is 3.36. The van der Waals surface area contributed by atoms with Gasteiger partial charge in [0.15, 0.2) is 15.8 Å². The van der Waals surface area contributed by atoms with Crippen molar-refractivity contribution >= 4 is 39.8 Å². The van der Waals surface area contributed by atoms with E-state index < -0.39 is 9.84 Å². The van der Waals surface area contributed by atoms with Crippen molar-refractivity contribution in [1.29, 1.82) is 0 Å². The average molecular weight is 423 g/mol. The zero-order valence-corrected chi connectivity index (χ0v) is 15.4. The molecule has 0 aliphatic rings. The van der Waals surface area contributed by atoms with Crippen molar-refractivity contribution in [3.63, 3.8) is 0 Å². The zero-order chi connectivity index (χ0) is 15.2. The molecule has 21 heavy (non-hydrogen) atoms. The summed E-state index contributed by atoms with van der Waals surface area (Å²) < 4.78 is 22.8. The molecule has 0 spiro atoms. The van der Waals surface area contributed by atoms with E-state index in [0.29, 0.717) is 19.0 Å². The fourth-order valence-electron chi connectivity index (χ4n) is 1.60. The van der Waals surface area contributed by atoms with Crippen LogP contribution in [0.3, 0.4) is 0 Å². The Morgan fingerprint density at radius 1 is 1.33 bits per heavy atom. The highest BCUT2D eigenvalue weighted by atomic mass is 127. The first-order valence-electron chi connectivity index (χ1n) is 6.20. The van der Waals surface area contributed by atoms with Crippen molar-refractivity contribution < 1.29 is 8.42 Å². The van der Waals surface area contributed by atoms with E-state index in [4.69, 9.17) is 5.73 Å². The second kappa shape index (κ2) is 9.04. The van der Waals surface area contributed by atoms with Gasteiger partial charge in [-0.2, -0.15) is 0 Å². The van der Waals surface area contributed by atoms with Gasteiger partial charge in [0.05, 0.1) is 12.3 Å². The molecule has 0 amide bonds. The van der Waals surface area contributed by atoms with E-state index in [1.165, 1.54) is 6.26 Å². The van der Waals surface area contributed by atoms with Crippen LogP contribution in [0.1, 0.15) is 18.1 Å². The normalized spacial score (nSPS) is 11.6. The minimum atomic E-state index is -3.07. The Morgan fingerprint density at radius 3 is 2.43 bits per heavy atom. The van der Waals surface area contributed by atoms with E-state index in [1.54, 1.807) is 6.07 Å². The predicted molar refractivity (Wildman–Crippen MR) is 98.5 cm³/mol. The van der Waals surface area contributed by atoms with Crippen LogP contribution in [0.2, 0.25) is 0 Å². The van der Waals surface area contributed by atoms with Gasteiger partial charge in [-0.05, 0) is 18.1 Å². The largest absolute Gasteiger partial charge is 0.370 e. The monoisotopic (exact) mass is 423 g/mol. The minimum Gasteiger partial charge on any atom is -0.370 e. The summed E-state index contributed by atoms with van der Waals surface area (Å²) in [5.74, 6) is 0.333. The summed E-state index contributed by atoms with van der Waals surface area (Å²) in [5.41, 5.74) is 8.30. The number of aliphatic imine (C=N–C) groups is 1. The van der Waals surface area contributed by atoms with Crippen molar-refractivity contribution in [3.05, 3.63) is 47.5 Å². The van der Waals surface area contributed by atoms with Crippen LogP contribution in [0, 0.1) is 0 Å². The standard InChI is InChI=1S/C14H21N3O2S.HI/c1-11(2)8-16-14(15)17-9-12-6-4-5-7-13(12)10-20(3,18)19;/h4-7H,1,8-10H2,2-3H3,(H3,15,16,17);1H. The highest BCUT2D eigenvalue weighted by Crippen LogP contribution is 2.13. The van der Waals surface area contributed by atoms with E-state index in [2.05, 4.69) is 16.9 Å². The van der Waals surface area contributed by atoms with Crippen molar-refractivity contribution in [2.75, 3.05) is 12.8 Å². The van der Waals surface area contributed by atoms with Crippen LogP contribution >= 0.6 is 24.0 Å². The Bertz CT molecular complexity index is 612. The first-order chi connectivity index (χ1) is 9.28. The number of halogens is 1. The van der Waals surface area contributed by atoms with Crippen LogP contribution in [0.4, 0.5) is 0 Å². The van der Waals surface area contributed by atoms with E-state index in [9.17, 15) is 8.42 Å². The van der Waals surface area contributed by atoms with Gasteiger partial charge in [-0.25, -0.2) is 13.4 Å². The molecule has 1 aromatic rings. The third-order valence-electron chi connectivity index (χ3n) is 2.53. The molecular weight excluding hydrogens is 401 g/mol. The molecule has 1 aromatic carbocycles. The van der Waals surface area contributed by atoms with Gasteiger partial charge in [-0.15, -0.1) is 24.0 Å². The molecule has 7 heteroatoms. The fourth-order valence-corrected chi connectivity index (χ4v) is 2.45. The number of guanidine groups is 1. The Morgan fingerprint density at radius 2 is 1.90 bits per heavy atom. The summed E-state index contributed by atoms with van der Waals surface area (Å²) in [7, 11) is -3.07. The topological polar surface area (TPSA) is 84.5 Å². The lowest BCUT2D eigenvalue weighted by molar-refractivity contribution is 0.601. The van der Waals surface area contributed by atoms with Crippen LogP contribution in [-0.2, 0) is 22.1 Å². The van der Waals surface area contributed by atoms with E-state index in [1.807, 2.05) is 25.1 Å². The second-order valence-electron chi connectivity index (χ2n) is 4.85. The number of sulfone groups is 1. The Kier molecular flexibility index (Phi) is 8.57. The maximum atomic E-state index is 11.4. The first-order valence-corrected chi connectivity index (χ1v) is 8.26. The lowest BCUT2D eigenvalue weighted by Gasteiger charge is -2.08. The fraction of sp³-hybridized carbons (Fsp3) is 0.357. The lowest BCUT2D eigenvalue weighted by Crippen LogP contribution is -2.32. The number of nitrogens with zero attached hydrogens (tertiary/aromatic N) is 1. The Balaban J connectivity index is 0.00000400. The minimum absolute atomic E-state index is 0. The van der Waals surface area contributed by atoms with Crippen LogP contribution in [0.5, 0.6) is 0 Å². The van der Waals surface area contributed by atoms with E-state index in [0.717, 1.165) is 16.7 Å². The maximum absolute atomic E-state index is 11.4. The summed E-state index contributed by atoms with van der Waals surface area (Å²) in [6, 6.07) is 7.32. The summed E-state index contributed by atoms with van der Waals surface area (Å²) in [5, 5.41) is 2.93. The summed E-state index contributed by atoms with van der Waals surface area (Å²) >= 11 is 0. The molecule has 0 atom stereocenters. The number of nitrogens with two attached hydrogens (primary N) is 1. The molecule has 3 N–H and O–H groups in total. The van der Waals surface area contributed by atoms with Crippen molar-refractivity contribution in [2.24, 2.45) is 10.7 Å². The molecule has 0 fully saturated rings. The summed E-state index contributed by atoms with van der Waals surface area (Å²) in [6.45, 7) is 6.57. The first kappa shape index (κ1) is 19.9. The Labute approximate surface area is 143 Å². The average Bonchev–Trinajstić information content (AvgIpc) is 2.33. The van der Waals surface area contributed by atoms with E-state index >= 15 is 0 Å². The van der Waals surface area contributed by atoms with Gasteiger partial charge < -0.3 is 11.1 Å². The maximum Gasteiger partial charge on any atom is 0.189 e. The molecule has 0 heterocycles. The van der Waals surface area contributed by atoms with Gasteiger partial charge in [0.2, 0.25) is 0 Å². The molecule has 0 radical (unpaired) electrons. The molecule has 0 aromatic heterocycles. The summed E-state index contributed by atoms with van der Waals surface area (Å²) in [4.78, 5) is 4.20. The number of nitrogens with one attached hydrogen (secondary N) is 1. The molecule has 1 rings (SSSR count). The zero-order valence-electron chi connectivity index (χ0n) is 12.3. The highest BCUT2D eigenvalue weighted by molar-refractivity contribution is 14.0. The number of rotatable bonds is 6. The van der Waals surface area contributed by atoms with Crippen LogP contribution in [0.25, 0.3) is 0 Å². The lowest BCUT2D eigenvalue weighted by atomic mass is 10.1. The van der Waals surface area contributed by atoms with E-state index in [-0.39, 0.29) is 29.7 Å². The van der Waals surface area contributed by atoms with Crippen LogP contribution in [0.15, 0.2) is 41.4 Å². The van der Waals surface area contributed by atoms with Gasteiger partial charge in [-0.3, -0.25) is 0 Å². The molecule has 0 unspecified atom stereocenters. The van der Waals surface area contributed by atoms with Crippen molar-refractivity contribution in [3.8, 4) is 0 Å². The van der Waals surface area contributed by atoms with Gasteiger partial charge in [-0.1, -0.05) is 36.4 Å². The smallest absolute Gasteiger partial charge is 0.189 e. The molecule has 0 bridgehead atoms. The van der Waals surface area contributed by atoms with Crippen LogP contribution in [-0.4, -0.2) is 27.2 Å². The highest BCUT2D eigenvalue weighted by Gasteiger charge is 2.08.